The molecule has 3 nitrogen and oxygen atoms in total. The highest BCUT2D eigenvalue weighted by molar-refractivity contribution is 7.57. The van der Waals surface area contributed by atoms with E-state index in [1.54, 1.807) is 13.8 Å². The topological polar surface area (TPSA) is 57.5 Å². The van der Waals surface area contributed by atoms with Gasteiger partial charge in [0.15, 0.2) is 0 Å². The van der Waals surface area contributed by atoms with Gasteiger partial charge in [-0.15, -0.1) is 0 Å². The van der Waals surface area contributed by atoms with Gasteiger partial charge in [-0.3, -0.25) is 4.57 Å². The lowest BCUT2D eigenvalue weighted by Crippen LogP contribution is -2.46. The molecule has 0 saturated carbocycles. The molecular weight excluding hydrogens is 179 g/mol. The van der Waals surface area contributed by atoms with E-state index in [4.69, 9.17) is 9.79 Å². The van der Waals surface area contributed by atoms with Crippen molar-refractivity contribution in [1.82, 2.24) is 0 Å². The maximum atomic E-state index is 11.0. The second-order valence-electron chi connectivity index (χ2n) is 4.35. The van der Waals surface area contributed by atoms with Crippen molar-refractivity contribution in [2.75, 3.05) is 0 Å². The summed E-state index contributed by atoms with van der Waals surface area (Å²) in [5.74, 6) is 0. The first-order valence-corrected chi connectivity index (χ1v) is 8.67. The Bertz CT molecular complexity index is 188. The third kappa shape index (κ3) is 2.15. The second-order valence-corrected chi connectivity index (χ2v) is 12.7. The quantitative estimate of drug-likeness (QED) is 0.523. The first kappa shape index (κ1) is 11.4. The van der Waals surface area contributed by atoms with Crippen LogP contribution in [0.5, 0.6) is 0 Å². The van der Waals surface area contributed by atoms with Crippen LogP contribution in [0, 0.1) is 0 Å². The van der Waals surface area contributed by atoms with Gasteiger partial charge in [-0.2, -0.15) is 0 Å². The first-order chi connectivity index (χ1) is 4.50. The molecule has 0 heterocycles. The van der Waals surface area contributed by atoms with Crippen LogP contribution in [0.25, 0.3) is 0 Å². The molecule has 0 atom stereocenters. The standard InChI is InChI=1S/C6H17O3PSi/c1-6(2,10(7,8)9)11(3,4)5/h1-5H3,(H2,7,8,9). The molecule has 0 aromatic rings. The molecule has 0 aliphatic carbocycles. The van der Waals surface area contributed by atoms with Gasteiger partial charge in [0, 0.05) is 0 Å². The lowest BCUT2D eigenvalue weighted by Gasteiger charge is -2.37. The molecule has 0 radical (unpaired) electrons. The Labute approximate surface area is 69.0 Å². The van der Waals surface area contributed by atoms with Crippen molar-refractivity contribution in [2.45, 2.75) is 38.3 Å². The average Bonchev–Trinajstić information content (AvgIpc) is 1.58. The van der Waals surface area contributed by atoms with Crippen molar-refractivity contribution in [3.8, 4) is 0 Å². The summed E-state index contributed by atoms with van der Waals surface area (Å²) in [5, 5.41) is 0. The van der Waals surface area contributed by atoms with E-state index < -0.39 is 20.4 Å². The van der Waals surface area contributed by atoms with Crippen LogP contribution in [0.2, 0.25) is 19.6 Å². The Morgan fingerprint density at radius 2 is 1.45 bits per heavy atom. The fraction of sp³-hybridized carbons (Fsp3) is 1.00. The van der Waals surface area contributed by atoms with Gasteiger partial charge in [0.25, 0.3) is 0 Å². The Kier molecular flexibility index (Phi) is 2.79. The second kappa shape index (κ2) is 2.70. The summed E-state index contributed by atoms with van der Waals surface area (Å²) in [4.78, 5) is 18.1. The van der Waals surface area contributed by atoms with E-state index in [9.17, 15) is 4.57 Å². The van der Waals surface area contributed by atoms with E-state index in [2.05, 4.69) is 0 Å². The molecule has 0 aliphatic rings. The van der Waals surface area contributed by atoms with E-state index in [1.165, 1.54) is 0 Å². The number of rotatable bonds is 2. The molecule has 2 N–H and O–H groups in total. The zero-order valence-corrected chi connectivity index (χ0v) is 9.64. The van der Waals surface area contributed by atoms with Crippen LogP contribution in [0.4, 0.5) is 0 Å². The van der Waals surface area contributed by atoms with Crippen LogP contribution >= 0.6 is 7.60 Å². The third-order valence-electron chi connectivity index (χ3n) is 2.56. The molecule has 0 unspecified atom stereocenters. The monoisotopic (exact) mass is 196 g/mol. The highest BCUT2D eigenvalue weighted by Crippen LogP contribution is 2.54. The first-order valence-electron chi connectivity index (χ1n) is 3.56. The predicted molar refractivity (Wildman–Crippen MR) is 49.5 cm³/mol. The van der Waals surface area contributed by atoms with Crippen LogP contribution in [0.3, 0.4) is 0 Å². The lowest BCUT2D eigenvalue weighted by molar-refractivity contribution is 0.354. The molecule has 0 saturated heterocycles. The van der Waals surface area contributed by atoms with Crippen molar-refractivity contribution < 1.29 is 14.4 Å². The molecule has 68 valence electrons. The summed E-state index contributed by atoms with van der Waals surface area (Å²) in [7, 11) is -5.71. The van der Waals surface area contributed by atoms with Crippen LogP contribution in [-0.4, -0.2) is 22.6 Å². The number of hydrogen-bond donors (Lipinski definition) is 2. The van der Waals surface area contributed by atoms with E-state index in [0.29, 0.717) is 0 Å². The van der Waals surface area contributed by atoms with Crippen molar-refractivity contribution in [3.63, 3.8) is 0 Å². The lowest BCUT2D eigenvalue weighted by atomic mass is 10.5. The van der Waals surface area contributed by atoms with Gasteiger partial charge < -0.3 is 9.79 Å². The van der Waals surface area contributed by atoms with Gasteiger partial charge in [-0.05, 0) is 0 Å². The predicted octanol–water partition coefficient (Wildman–Crippen LogP) is 1.82. The Morgan fingerprint density at radius 3 is 1.45 bits per heavy atom. The average molecular weight is 196 g/mol. The van der Waals surface area contributed by atoms with Crippen molar-refractivity contribution in [2.24, 2.45) is 0 Å². The van der Waals surface area contributed by atoms with E-state index in [0.717, 1.165) is 0 Å². The fourth-order valence-electron chi connectivity index (χ4n) is 0.437. The Morgan fingerprint density at radius 1 is 1.18 bits per heavy atom. The van der Waals surface area contributed by atoms with E-state index in [-0.39, 0.29) is 0 Å². The van der Waals surface area contributed by atoms with Crippen LogP contribution in [0.15, 0.2) is 0 Å². The third-order valence-corrected chi connectivity index (χ3v) is 10.6. The summed E-state index contributed by atoms with van der Waals surface area (Å²) in [6, 6.07) is 0. The maximum Gasteiger partial charge on any atom is 0.328 e. The molecule has 0 aromatic carbocycles. The zero-order chi connectivity index (χ0) is 9.50. The number of hydrogen-bond acceptors (Lipinski definition) is 1. The normalized spacial score (nSPS) is 15.2. The highest BCUT2D eigenvalue weighted by atomic mass is 31.2. The SMILES string of the molecule is CC(C)([Si](C)(C)C)P(=O)(O)O. The smallest absolute Gasteiger partial charge is 0.324 e. The molecule has 5 heteroatoms. The molecule has 0 fully saturated rings. The molecule has 0 bridgehead atoms. The molecule has 0 aromatic heterocycles. The summed E-state index contributed by atoms with van der Waals surface area (Å²) < 4.78 is 10.2. The van der Waals surface area contributed by atoms with Crippen molar-refractivity contribution >= 4 is 15.7 Å². The van der Waals surface area contributed by atoms with Gasteiger partial charge in [0.05, 0.1) is 12.9 Å². The van der Waals surface area contributed by atoms with Crippen LogP contribution < -0.4 is 0 Å². The molecule has 0 spiro atoms. The van der Waals surface area contributed by atoms with Gasteiger partial charge >= 0.3 is 7.60 Å². The fourth-order valence-corrected chi connectivity index (χ4v) is 3.93. The Balaban J connectivity index is 4.91. The minimum Gasteiger partial charge on any atom is -0.324 e. The van der Waals surface area contributed by atoms with Gasteiger partial charge in [0.2, 0.25) is 0 Å². The molecule has 0 rings (SSSR count). The summed E-state index contributed by atoms with van der Waals surface area (Å²) in [5.41, 5.74) is 0. The maximum absolute atomic E-state index is 11.0. The van der Waals surface area contributed by atoms with E-state index in [1.807, 2.05) is 19.6 Å². The minimum absolute atomic E-state index is 0.819. The summed E-state index contributed by atoms with van der Waals surface area (Å²) in [6.07, 6.45) is 0. The van der Waals surface area contributed by atoms with Crippen LogP contribution in [-0.2, 0) is 4.57 Å². The summed E-state index contributed by atoms with van der Waals surface area (Å²) >= 11 is 0. The zero-order valence-electron chi connectivity index (χ0n) is 7.75. The molecular formula is C6H17O3PSi. The largest absolute Gasteiger partial charge is 0.328 e. The minimum atomic E-state index is -3.93. The van der Waals surface area contributed by atoms with E-state index >= 15 is 0 Å². The van der Waals surface area contributed by atoms with Gasteiger partial charge in [-0.25, -0.2) is 0 Å². The highest BCUT2D eigenvalue weighted by Gasteiger charge is 2.48. The summed E-state index contributed by atoms with van der Waals surface area (Å²) in [6.45, 7) is 9.20. The van der Waals surface area contributed by atoms with Crippen molar-refractivity contribution in [1.29, 1.82) is 0 Å². The molecule has 0 amide bonds. The molecule has 11 heavy (non-hydrogen) atoms. The molecule has 0 aliphatic heterocycles. The van der Waals surface area contributed by atoms with Gasteiger partial charge in [0.1, 0.15) is 0 Å². The van der Waals surface area contributed by atoms with Crippen LogP contribution in [0.1, 0.15) is 13.8 Å². The van der Waals surface area contributed by atoms with Gasteiger partial charge in [-0.1, -0.05) is 33.5 Å². The Hall–Kier alpha value is 0.367. The van der Waals surface area contributed by atoms with Crippen molar-refractivity contribution in [3.05, 3.63) is 0 Å².